The topological polar surface area (TPSA) is 65.0 Å². The van der Waals surface area contributed by atoms with Gasteiger partial charge < -0.3 is 25.2 Å². The molecule has 3 saturated heterocycles. The number of pyridine rings is 1. The van der Waals surface area contributed by atoms with Gasteiger partial charge >= 0.3 is 0 Å². The number of hydrogen-bond acceptors (Lipinski definition) is 5. The molecule has 2 N–H and O–H groups in total. The average Bonchev–Trinajstić information content (AvgIpc) is 2.72. The van der Waals surface area contributed by atoms with Crippen LogP contribution in [0.3, 0.4) is 0 Å². The van der Waals surface area contributed by atoms with Crippen LogP contribution >= 0.6 is 0 Å². The van der Waals surface area contributed by atoms with Crippen LogP contribution in [-0.4, -0.2) is 73.9 Å². The van der Waals surface area contributed by atoms with Crippen molar-refractivity contribution in [3.8, 4) is 0 Å². The number of piperidine rings is 2. The fourth-order valence-electron chi connectivity index (χ4n) is 5.08. The first-order valence-corrected chi connectivity index (χ1v) is 11.1. The zero-order valence-electron chi connectivity index (χ0n) is 18.1. The number of fused-ring (bicyclic) bond motifs is 2. The Morgan fingerprint density at radius 3 is 2.83 bits per heavy atom. The summed E-state index contributed by atoms with van der Waals surface area (Å²) in [5.41, 5.74) is 1.22. The standard InChI is InChI=1S/C22H36N6O/c1-16-15-28(9-10-29-16)21-11-17(7-8-24-21)14-25-22(23-2)26-18-12-19-5-4-6-20(13-18)27(19)3/h7-8,11,16,18-20H,4-6,9-10,12-15H2,1-3H3,(H2,23,25,26). The second-order valence-corrected chi connectivity index (χ2v) is 8.79. The van der Waals surface area contributed by atoms with Gasteiger partial charge in [-0.3, -0.25) is 4.99 Å². The summed E-state index contributed by atoms with van der Waals surface area (Å²) in [4.78, 5) is 13.9. The number of nitrogens with one attached hydrogen (secondary N) is 2. The maximum atomic E-state index is 5.65. The van der Waals surface area contributed by atoms with Crippen LogP contribution in [0.25, 0.3) is 0 Å². The van der Waals surface area contributed by atoms with Crippen molar-refractivity contribution in [3.63, 3.8) is 0 Å². The van der Waals surface area contributed by atoms with E-state index < -0.39 is 0 Å². The molecule has 1 aromatic rings. The first kappa shape index (κ1) is 20.4. The van der Waals surface area contributed by atoms with Gasteiger partial charge in [-0.25, -0.2) is 4.98 Å². The van der Waals surface area contributed by atoms with Crippen LogP contribution in [0.5, 0.6) is 0 Å². The lowest BCUT2D eigenvalue weighted by molar-refractivity contribution is 0.0526. The molecule has 4 heterocycles. The first-order valence-electron chi connectivity index (χ1n) is 11.1. The van der Waals surface area contributed by atoms with E-state index in [1.807, 2.05) is 13.2 Å². The second-order valence-electron chi connectivity index (χ2n) is 8.79. The van der Waals surface area contributed by atoms with Crippen LogP contribution in [-0.2, 0) is 11.3 Å². The Bertz CT molecular complexity index is 696. The van der Waals surface area contributed by atoms with Crippen LogP contribution in [0.2, 0.25) is 0 Å². The van der Waals surface area contributed by atoms with Crippen LogP contribution in [0, 0.1) is 0 Å². The fourth-order valence-corrected chi connectivity index (χ4v) is 5.08. The number of aliphatic imine (C=N–C) groups is 1. The minimum Gasteiger partial charge on any atom is -0.375 e. The Balaban J connectivity index is 1.31. The number of guanidine groups is 1. The zero-order chi connectivity index (χ0) is 20.2. The van der Waals surface area contributed by atoms with Crippen LogP contribution < -0.4 is 15.5 Å². The lowest BCUT2D eigenvalue weighted by Crippen LogP contribution is -2.56. The predicted molar refractivity (Wildman–Crippen MR) is 117 cm³/mol. The Labute approximate surface area is 174 Å². The molecule has 0 aliphatic carbocycles. The maximum Gasteiger partial charge on any atom is 0.191 e. The smallest absolute Gasteiger partial charge is 0.191 e. The summed E-state index contributed by atoms with van der Waals surface area (Å²) in [5, 5.41) is 7.18. The van der Waals surface area contributed by atoms with Gasteiger partial charge in [0.2, 0.25) is 0 Å². The fraction of sp³-hybridized carbons (Fsp3) is 0.727. The van der Waals surface area contributed by atoms with Gasteiger partial charge in [0.05, 0.1) is 12.7 Å². The van der Waals surface area contributed by atoms with Crippen molar-refractivity contribution in [2.24, 2.45) is 4.99 Å². The molecule has 29 heavy (non-hydrogen) atoms. The van der Waals surface area contributed by atoms with Crippen molar-refractivity contribution in [1.29, 1.82) is 0 Å². The van der Waals surface area contributed by atoms with Gasteiger partial charge in [0.25, 0.3) is 0 Å². The van der Waals surface area contributed by atoms with Gasteiger partial charge in [0.1, 0.15) is 5.82 Å². The largest absolute Gasteiger partial charge is 0.375 e. The van der Waals surface area contributed by atoms with Crippen LogP contribution in [0.1, 0.15) is 44.6 Å². The molecule has 7 nitrogen and oxygen atoms in total. The van der Waals surface area contributed by atoms with Crippen molar-refractivity contribution in [3.05, 3.63) is 23.9 Å². The van der Waals surface area contributed by atoms with E-state index in [0.717, 1.165) is 50.1 Å². The molecule has 2 bridgehead atoms. The van der Waals surface area contributed by atoms with E-state index in [1.165, 1.54) is 37.7 Å². The molecule has 0 spiro atoms. The van der Waals surface area contributed by atoms with E-state index >= 15 is 0 Å². The molecule has 3 aliphatic heterocycles. The van der Waals surface area contributed by atoms with Gasteiger partial charge in [-0.05, 0) is 57.4 Å². The maximum absolute atomic E-state index is 5.65. The summed E-state index contributed by atoms with van der Waals surface area (Å²) < 4.78 is 5.65. The highest BCUT2D eigenvalue weighted by atomic mass is 16.5. The minimum absolute atomic E-state index is 0.254. The molecule has 3 aliphatic rings. The molecule has 0 radical (unpaired) electrons. The van der Waals surface area contributed by atoms with E-state index in [4.69, 9.17) is 4.74 Å². The number of ether oxygens (including phenoxy) is 1. The zero-order valence-corrected chi connectivity index (χ0v) is 18.1. The number of nitrogens with zero attached hydrogens (tertiary/aromatic N) is 4. The van der Waals surface area contributed by atoms with Crippen molar-refractivity contribution < 1.29 is 4.74 Å². The number of aromatic nitrogens is 1. The van der Waals surface area contributed by atoms with E-state index in [-0.39, 0.29) is 6.10 Å². The molecule has 7 heteroatoms. The van der Waals surface area contributed by atoms with Gasteiger partial charge in [-0.1, -0.05) is 6.42 Å². The minimum atomic E-state index is 0.254. The Kier molecular flexibility index (Phi) is 6.55. The third kappa shape index (κ3) is 5.01. The van der Waals surface area contributed by atoms with E-state index in [1.54, 1.807) is 0 Å². The highest BCUT2D eigenvalue weighted by molar-refractivity contribution is 5.80. The van der Waals surface area contributed by atoms with Crippen molar-refractivity contribution in [2.75, 3.05) is 38.7 Å². The second kappa shape index (κ2) is 9.30. The lowest BCUT2D eigenvalue weighted by atomic mass is 9.82. The van der Waals surface area contributed by atoms with Gasteiger partial charge in [-0.15, -0.1) is 0 Å². The molecule has 1 aromatic heterocycles. The summed E-state index contributed by atoms with van der Waals surface area (Å²) in [6.45, 7) is 5.42. The molecular formula is C22H36N6O. The van der Waals surface area contributed by atoms with Gasteiger partial charge in [-0.2, -0.15) is 0 Å². The monoisotopic (exact) mass is 400 g/mol. The molecule has 0 saturated carbocycles. The SMILES string of the molecule is CN=C(NCc1ccnc(N2CCOC(C)C2)c1)NC1CC2CCCC(C1)N2C. The molecular weight excluding hydrogens is 364 g/mol. The summed E-state index contributed by atoms with van der Waals surface area (Å²) in [5.74, 6) is 1.93. The van der Waals surface area contributed by atoms with Gasteiger partial charge in [0, 0.05) is 51.0 Å². The average molecular weight is 401 g/mol. The molecule has 0 amide bonds. The molecule has 3 unspecified atom stereocenters. The quantitative estimate of drug-likeness (QED) is 0.595. The Hall–Kier alpha value is -1.86. The number of hydrogen-bond donors (Lipinski definition) is 2. The molecule has 4 rings (SSSR count). The normalized spacial score (nSPS) is 30.9. The summed E-state index contributed by atoms with van der Waals surface area (Å²) in [6.07, 6.45) is 8.62. The molecule has 0 aromatic carbocycles. The Morgan fingerprint density at radius 2 is 2.10 bits per heavy atom. The van der Waals surface area contributed by atoms with Crippen LogP contribution in [0.4, 0.5) is 5.82 Å². The number of anilines is 1. The first-order chi connectivity index (χ1) is 14.1. The molecule has 3 fully saturated rings. The molecule has 3 atom stereocenters. The molecule has 160 valence electrons. The third-order valence-electron chi connectivity index (χ3n) is 6.74. The van der Waals surface area contributed by atoms with Crippen molar-refractivity contribution in [2.45, 2.75) is 69.8 Å². The third-order valence-corrected chi connectivity index (χ3v) is 6.74. The lowest BCUT2D eigenvalue weighted by Gasteiger charge is -2.47. The van der Waals surface area contributed by atoms with Crippen molar-refractivity contribution >= 4 is 11.8 Å². The number of morpholine rings is 1. The van der Waals surface area contributed by atoms with E-state index in [9.17, 15) is 0 Å². The highest BCUT2D eigenvalue weighted by Gasteiger charge is 2.36. The van der Waals surface area contributed by atoms with E-state index in [2.05, 4.69) is 56.5 Å². The Morgan fingerprint density at radius 1 is 1.31 bits per heavy atom. The summed E-state index contributed by atoms with van der Waals surface area (Å²) >= 11 is 0. The van der Waals surface area contributed by atoms with Crippen LogP contribution in [0.15, 0.2) is 23.3 Å². The van der Waals surface area contributed by atoms with Crippen molar-refractivity contribution in [1.82, 2.24) is 20.5 Å². The number of rotatable bonds is 4. The summed E-state index contributed by atoms with van der Waals surface area (Å²) in [7, 11) is 4.16. The van der Waals surface area contributed by atoms with E-state index in [0.29, 0.717) is 6.04 Å². The predicted octanol–water partition coefficient (Wildman–Crippen LogP) is 1.99. The summed E-state index contributed by atoms with van der Waals surface area (Å²) in [6, 6.07) is 6.20. The van der Waals surface area contributed by atoms with Gasteiger partial charge in [0.15, 0.2) is 5.96 Å². The highest BCUT2D eigenvalue weighted by Crippen LogP contribution is 2.32.